The SMILES string of the molecule is NC1(C(=O)N2CCC(CNC(=O)c3cc(C(F)(F)F)cc(C(F)(F)F)c3)CC2)CCCC1. The lowest BCUT2D eigenvalue weighted by molar-refractivity contribution is -0.143. The van der Waals surface area contributed by atoms with Crippen LogP contribution in [0.3, 0.4) is 0 Å². The maximum Gasteiger partial charge on any atom is 0.416 e. The number of alkyl halides is 6. The van der Waals surface area contributed by atoms with E-state index < -0.39 is 40.5 Å². The summed E-state index contributed by atoms with van der Waals surface area (Å²) in [5.74, 6) is -1.14. The first-order valence-electron chi connectivity index (χ1n) is 10.5. The van der Waals surface area contributed by atoms with E-state index >= 15 is 0 Å². The van der Waals surface area contributed by atoms with Crippen LogP contribution >= 0.6 is 0 Å². The van der Waals surface area contributed by atoms with Crippen LogP contribution < -0.4 is 11.1 Å². The van der Waals surface area contributed by atoms with Crippen LogP contribution in [0, 0.1) is 5.92 Å². The van der Waals surface area contributed by atoms with Crippen molar-refractivity contribution in [2.45, 2.75) is 56.4 Å². The molecule has 0 aromatic heterocycles. The number of amides is 2. The van der Waals surface area contributed by atoms with E-state index in [2.05, 4.69) is 5.32 Å². The number of hydrogen-bond acceptors (Lipinski definition) is 3. The molecule has 3 N–H and O–H groups in total. The third kappa shape index (κ3) is 5.54. The van der Waals surface area contributed by atoms with Crippen LogP contribution in [0.2, 0.25) is 0 Å². The number of nitrogens with zero attached hydrogens (tertiary/aromatic N) is 1. The summed E-state index contributed by atoms with van der Waals surface area (Å²) >= 11 is 0. The quantitative estimate of drug-likeness (QED) is 0.661. The fourth-order valence-electron chi connectivity index (χ4n) is 4.30. The Morgan fingerprint density at radius 1 is 0.969 bits per heavy atom. The molecule has 1 aliphatic heterocycles. The Labute approximate surface area is 181 Å². The van der Waals surface area contributed by atoms with Gasteiger partial charge in [0.2, 0.25) is 5.91 Å². The second kappa shape index (κ2) is 8.92. The fraction of sp³-hybridized carbons (Fsp3) is 0.619. The van der Waals surface area contributed by atoms with Gasteiger partial charge in [0.25, 0.3) is 5.91 Å². The molecule has 0 unspecified atom stereocenters. The molecule has 1 saturated heterocycles. The molecule has 3 rings (SSSR count). The number of hydrogen-bond donors (Lipinski definition) is 2. The first kappa shape index (κ1) is 24.3. The lowest BCUT2D eigenvalue weighted by Gasteiger charge is -2.36. The number of likely N-dealkylation sites (tertiary alicyclic amines) is 1. The van der Waals surface area contributed by atoms with Gasteiger partial charge in [0.05, 0.1) is 16.7 Å². The van der Waals surface area contributed by atoms with Gasteiger partial charge in [-0.25, -0.2) is 0 Å². The molecule has 5 nitrogen and oxygen atoms in total. The van der Waals surface area contributed by atoms with E-state index in [0.717, 1.165) is 12.8 Å². The molecule has 1 heterocycles. The number of benzene rings is 1. The largest absolute Gasteiger partial charge is 0.416 e. The minimum Gasteiger partial charge on any atom is -0.352 e. The van der Waals surface area contributed by atoms with Crippen LogP contribution in [0.25, 0.3) is 0 Å². The first-order chi connectivity index (χ1) is 14.8. The van der Waals surface area contributed by atoms with Crippen LogP contribution in [0.1, 0.15) is 60.0 Å². The van der Waals surface area contributed by atoms with Gasteiger partial charge in [0.15, 0.2) is 0 Å². The van der Waals surface area contributed by atoms with Gasteiger partial charge in [-0.2, -0.15) is 26.3 Å². The second-order valence-electron chi connectivity index (χ2n) is 8.60. The summed E-state index contributed by atoms with van der Waals surface area (Å²) in [6, 6.07) is 0.806. The standard InChI is InChI=1S/C21H25F6N3O2/c22-20(23,24)15-9-14(10-16(11-15)21(25,26)27)17(31)29-12-13-3-7-30(8-4-13)18(32)19(28)5-1-2-6-19/h9-11,13H,1-8,12,28H2,(H,29,31). The van der Waals surface area contributed by atoms with Crippen molar-refractivity contribution in [2.75, 3.05) is 19.6 Å². The van der Waals surface area contributed by atoms with Crippen LogP contribution in [-0.2, 0) is 17.1 Å². The first-order valence-corrected chi connectivity index (χ1v) is 10.5. The minimum absolute atomic E-state index is 0.0158. The summed E-state index contributed by atoms with van der Waals surface area (Å²) in [4.78, 5) is 26.7. The molecule has 0 radical (unpaired) electrons. The van der Waals surface area contributed by atoms with Crippen molar-refractivity contribution < 1.29 is 35.9 Å². The summed E-state index contributed by atoms with van der Waals surface area (Å²) in [6.45, 7) is 0.979. The van der Waals surface area contributed by atoms with E-state index in [1.165, 1.54) is 0 Å². The van der Waals surface area contributed by atoms with Crippen molar-refractivity contribution in [1.82, 2.24) is 10.2 Å². The highest BCUT2D eigenvalue weighted by molar-refractivity contribution is 5.94. The van der Waals surface area contributed by atoms with E-state index in [1.807, 2.05) is 0 Å². The number of nitrogens with one attached hydrogen (secondary N) is 1. The molecule has 2 aliphatic rings. The number of carbonyl (C=O) groups is 2. The molecule has 1 saturated carbocycles. The Hall–Kier alpha value is -2.30. The van der Waals surface area contributed by atoms with Crippen LogP contribution in [0.5, 0.6) is 0 Å². The van der Waals surface area contributed by atoms with Crippen molar-refractivity contribution in [2.24, 2.45) is 11.7 Å². The third-order valence-electron chi connectivity index (χ3n) is 6.22. The van der Waals surface area contributed by atoms with Crippen molar-refractivity contribution in [3.05, 3.63) is 34.9 Å². The monoisotopic (exact) mass is 465 g/mol. The van der Waals surface area contributed by atoms with Crippen LogP contribution in [-0.4, -0.2) is 41.9 Å². The average Bonchev–Trinajstić information content (AvgIpc) is 3.18. The predicted octanol–water partition coefficient (Wildman–Crippen LogP) is 3.96. The van der Waals surface area contributed by atoms with E-state index in [4.69, 9.17) is 5.73 Å². The zero-order valence-electron chi connectivity index (χ0n) is 17.3. The van der Waals surface area contributed by atoms with Crippen molar-refractivity contribution in [3.8, 4) is 0 Å². The van der Waals surface area contributed by atoms with E-state index in [1.54, 1.807) is 4.90 Å². The number of rotatable bonds is 4. The Bertz CT molecular complexity index is 822. The summed E-state index contributed by atoms with van der Waals surface area (Å²) in [6.07, 6.45) is -5.80. The van der Waals surface area contributed by atoms with Crippen LogP contribution in [0.4, 0.5) is 26.3 Å². The van der Waals surface area contributed by atoms with E-state index in [-0.39, 0.29) is 24.4 Å². The zero-order valence-corrected chi connectivity index (χ0v) is 17.3. The van der Waals surface area contributed by atoms with Gasteiger partial charge in [-0.1, -0.05) is 12.8 Å². The molecule has 1 aromatic rings. The maximum absolute atomic E-state index is 13.0. The predicted molar refractivity (Wildman–Crippen MR) is 103 cm³/mol. The van der Waals surface area contributed by atoms with Gasteiger partial charge in [-0.05, 0) is 49.8 Å². The van der Waals surface area contributed by atoms with Gasteiger partial charge in [-0.3, -0.25) is 9.59 Å². The smallest absolute Gasteiger partial charge is 0.352 e. The van der Waals surface area contributed by atoms with Gasteiger partial charge >= 0.3 is 12.4 Å². The maximum atomic E-state index is 13.0. The zero-order chi connectivity index (χ0) is 23.7. The minimum atomic E-state index is -5.02. The van der Waals surface area contributed by atoms with Crippen molar-refractivity contribution in [1.29, 1.82) is 0 Å². The summed E-state index contributed by atoms with van der Waals surface area (Å²) < 4.78 is 77.9. The van der Waals surface area contributed by atoms with Gasteiger partial charge < -0.3 is 16.0 Å². The Kier molecular flexibility index (Phi) is 6.78. The number of nitrogens with two attached hydrogens (primary N) is 1. The molecule has 0 bridgehead atoms. The number of carbonyl (C=O) groups excluding carboxylic acids is 2. The van der Waals surface area contributed by atoms with Gasteiger partial charge in [0, 0.05) is 25.2 Å². The summed E-state index contributed by atoms with van der Waals surface area (Å²) in [7, 11) is 0. The highest BCUT2D eigenvalue weighted by Crippen LogP contribution is 2.36. The number of piperidine rings is 1. The number of halogens is 6. The molecule has 1 aromatic carbocycles. The second-order valence-corrected chi connectivity index (χ2v) is 8.60. The molecular formula is C21H25F6N3O2. The third-order valence-corrected chi connectivity index (χ3v) is 6.22. The van der Waals surface area contributed by atoms with Gasteiger partial charge in [0.1, 0.15) is 0 Å². The highest BCUT2D eigenvalue weighted by atomic mass is 19.4. The topological polar surface area (TPSA) is 75.4 Å². The molecular weight excluding hydrogens is 440 g/mol. The van der Waals surface area contributed by atoms with E-state index in [9.17, 15) is 35.9 Å². The Balaban J connectivity index is 1.59. The highest BCUT2D eigenvalue weighted by Gasteiger charge is 2.41. The lowest BCUT2D eigenvalue weighted by Crippen LogP contribution is -2.55. The fourth-order valence-corrected chi connectivity index (χ4v) is 4.30. The average molecular weight is 465 g/mol. The molecule has 0 atom stereocenters. The summed E-state index contributed by atoms with van der Waals surface area (Å²) in [5, 5.41) is 2.43. The van der Waals surface area contributed by atoms with Crippen molar-refractivity contribution >= 4 is 11.8 Å². The molecule has 0 spiro atoms. The molecule has 32 heavy (non-hydrogen) atoms. The van der Waals surface area contributed by atoms with Gasteiger partial charge in [-0.15, -0.1) is 0 Å². The normalized spacial score (nSPS) is 19.8. The lowest BCUT2D eigenvalue weighted by atomic mass is 9.92. The molecule has 178 valence electrons. The van der Waals surface area contributed by atoms with Crippen LogP contribution in [0.15, 0.2) is 18.2 Å². The molecule has 2 amide bonds. The molecule has 11 heteroatoms. The Morgan fingerprint density at radius 2 is 1.47 bits per heavy atom. The Morgan fingerprint density at radius 3 is 1.94 bits per heavy atom. The molecule has 2 fully saturated rings. The molecule has 1 aliphatic carbocycles. The summed E-state index contributed by atoms with van der Waals surface area (Å²) in [5.41, 5.74) is 1.62. The van der Waals surface area contributed by atoms with Crippen molar-refractivity contribution in [3.63, 3.8) is 0 Å². The van der Waals surface area contributed by atoms with E-state index in [0.29, 0.717) is 50.9 Å².